The van der Waals surface area contributed by atoms with E-state index >= 15 is 0 Å². The van der Waals surface area contributed by atoms with Crippen LogP contribution in [0, 0.1) is 0 Å². The van der Waals surface area contributed by atoms with E-state index in [0.29, 0.717) is 6.54 Å². The molecule has 1 aromatic heterocycles. The molecule has 0 N–H and O–H groups in total. The number of hydrogen-bond acceptors (Lipinski definition) is 4. The van der Waals surface area contributed by atoms with Crippen LogP contribution < -0.4 is 19.6 Å². The summed E-state index contributed by atoms with van der Waals surface area (Å²) >= 11 is 1.47. The molecular weight excluding hydrogens is 260 g/mol. The first kappa shape index (κ1) is 12.2. The van der Waals surface area contributed by atoms with E-state index in [9.17, 15) is 4.79 Å². The van der Waals surface area contributed by atoms with Crippen molar-refractivity contribution in [2.24, 2.45) is 4.99 Å². The molecule has 1 aliphatic rings. The van der Waals surface area contributed by atoms with Crippen LogP contribution in [0.5, 0.6) is 5.75 Å². The third-order valence-corrected chi connectivity index (χ3v) is 4.49. The van der Waals surface area contributed by atoms with Crippen LogP contribution in [0.3, 0.4) is 0 Å². The largest absolute Gasteiger partial charge is 0.497 e. The quantitative estimate of drug-likeness (QED) is 0.812. The molecule has 2 heterocycles. The van der Waals surface area contributed by atoms with Crippen molar-refractivity contribution in [3.05, 3.63) is 49.5 Å². The summed E-state index contributed by atoms with van der Waals surface area (Å²) in [6.45, 7) is 3.40. The van der Waals surface area contributed by atoms with E-state index < -0.39 is 0 Å². The van der Waals surface area contributed by atoms with Crippen molar-refractivity contribution in [3.8, 4) is 5.75 Å². The topological polar surface area (TPSA) is 43.6 Å². The molecule has 19 heavy (non-hydrogen) atoms. The van der Waals surface area contributed by atoms with Gasteiger partial charge in [0.25, 0.3) is 5.56 Å². The Morgan fingerprint density at radius 1 is 1.47 bits per heavy atom. The second-order valence-corrected chi connectivity index (χ2v) is 5.39. The molecule has 2 aromatic rings. The van der Waals surface area contributed by atoms with E-state index in [1.807, 2.05) is 31.2 Å². The van der Waals surface area contributed by atoms with E-state index in [-0.39, 0.29) is 5.56 Å². The molecule has 0 atom stereocenters. The fourth-order valence-electron chi connectivity index (χ4n) is 2.18. The number of benzene rings is 1. The van der Waals surface area contributed by atoms with Crippen LogP contribution in [0.4, 0.5) is 0 Å². The minimum Gasteiger partial charge on any atom is -0.497 e. The monoisotopic (exact) mass is 274 g/mol. The van der Waals surface area contributed by atoms with Gasteiger partial charge in [-0.1, -0.05) is 23.5 Å². The summed E-state index contributed by atoms with van der Waals surface area (Å²) in [7, 11) is 1.64. The summed E-state index contributed by atoms with van der Waals surface area (Å²) in [6, 6.07) is 7.76. The van der Waals surface area contributed by atoms with Gasteiger partial charge in [0.05, 0.1) is 18.2 Å². The van der Waals surface area contributed by atoms with E-state index in [0.717, 1.165) is 32.8 Å². The zero-order valence-electron chi connectivity index (χ0n) is 10.8. The SMILES string of the molecule is COc1cccc(/C(C)=c2\sc3n(c2=O)CCN=3)c1. The van der Waals surface area contributed by atoms with Crippen molar-refractivity contribution >= 4 is 16.9 Å². The molecule has 0 aliphatic carbocycles. The van der Waals surface area contributed by atoms with Crippen LogP contribution in [0.15, 0.2) is 34.1 Å². The highest BCUT2D eigenvalue weighted by molar-refractivity contribution is 7.07. The Morgan fingerprint density at radius 3 is 3.05 bits per heavy atom. The minimum atomic E-state index is 0.0709. The Labute approximate surface area is 114 Å². The Morgan fingerprint density at radius 2 is 2.32 bits per heavy atom. The lowest BCUT2D eigenvalue weighted by molar-refractivity contribution is 0.414. The number of fused-ring (bicyclic) bond motifs is 1. The molecule has 3 rings (SSSR count). The van der Waals surface area contributed by atoms with Gasteiger partial charge in [-0.05, 0) is 30.2 Å². The Kier molecular flexibility index (Phi) is 2.98. The highest BCUT2D eigenvalue weighted by Gasteiger charge is 2.12. The molecule has 0 saturated carbocycles. The first-order valence-electron chi connectivity index (χ1n) is 6.10. The zero-order valence-corrected chi connectivity index (χ0v) is 11.7. The predicted octanol–water partition coefficient (Wildman–Crippen LogP) is 0.770. The van der Waals surface area contributed by atoms with Crippen molar-refractivity contribution in [2.75, 3.05) is 13.7 Å². The third kappa shape index (κ3) is 2.00. The second-order valence-electron chi connectivity index (χ2n) is 4.41. The van der Waals surface area contributed by atoms with Crippen LogP contribution >= 0.6 is 11.3 Å². The average Bonchev–Trinajstić information content (AvgIpc) is 3.01. The molecule has 0 bridgehead atoms. The molecule has 5 heteroatoms. The lowest BCUT2D eigenvalue weighted by atomic mass is 10.1. The first-order valence-corrected chi connectivity index (χ1v) is 6.92. The number of aromatic nitrogens is 1. The lowest BCUT2D eigenvalue weighted by Gasteiger charge is -2.03. The first-order chi connectivity index (χ1) is 9.20. The normalized spacial score (nSPS) is 14.8. The van der Waals surface area contributed by atoms with Crippen molar-refractivity contribution in [1.82, 2.24) is 4.57 Å². The maximum atomic E-state index is 12.3. The molecule has 0 unspecified atom stereocenters. The Balaban J connectivity index is 2.25. The summed E-state index contributed by atoms with van der Waals surface area (Å²) in [5.41, 5.74) is 2.06. The number of rotatable bonds is 2. The molecule has 0 amide bonds. The van der Waals surface area contributed by atoms with Crippen LogP contribution in [0.25, 0.3) is 5.57 Å². The van der Waals surface area contributed by atoms with E-state index in [2.05, 4.69) is 4.99 Å². The predicted molar refractivity (Wildman–Crippen MR) is 75.4 cm³/mol. The highest BCUT2D eigenvalue weighted by atomic mass is 32.1. The molecule has 0 saturated heterocycles. The minimum absolute atomic E-state index is 0.0709. The maximum Gasteiger partial charge on any atom is 0.270 e. The molecule has 0 spiro atoms. The summed E-state index contributed by atoms with van der Waals surface area (Å²) in [5, 5.41) is 0. The van der Waals surface area contributed by atoms with Gasteiger partial charge < -0.3 is 4.74 Å². The van der Waals surface area contributed by atoms with Gasteiger partial charge in [-0.25, -0.2) is 0 Å². The number of nitrogens with zero attached hydrogens (tertiary/aromatic N) is 2. The molecule has 1 aliphatic heterocycles. The number of ether oxygens (including phenoxy) is 1. The smallest absolute Gasteiger partial charge is 0.270 e. The van der Waals surface area contributed by atoms with Gasteiger partial charge in [0.1, 0.15) is 5.75 Å². The molecule has 0 radical (unpaired) electrons. The number of methoxy groups -OCH3 is 1. The molecule has 0 fully saturated rings. The van der Waals surface area contributed by atoms with Gasteiger partial charge in [-0.2, -0.15) is 0 Å². The van der Waals surface area contributed by atoms with Crippen molar-refractivity contribution in [3.63, 3.8) is 0 Å². The molecule has 98 valence electrons. The van der Waals surface area contributed by atoms with Crippen LogP contribution in [0.2, 0.25) is 0 Å². The molecule has 4 nitrogen and oxygen atoms in total. The van der Waals surface area contributed by atoms with Crippen molar-refractivity contribution in [2.45, 2.75) is 13.5 Å². The van der Waals surface area contributed by atoms with E-state index in [1.54, 1.807) is 11.7 Å². The van der Waals surface area contributed by atoms with Gasteiger partial charge in [0.15, 0.2) is 4.80 Å². The van der Waals surface area contributed by atoms with Crippen LogP contribution in [-0.2, 0) is 6.54 Å². The molecule has 1 aromatic carbocycles. The van der Waals surface area contributed by atoms with Gasteiger partial charge in [-0.3, -0.25) is 14.4 Å². The van der Waals surface area contributed by atoms with Crippen molar-refractivity contribution in [1.29, 1.82) is 0 Å². The summed E-state index contributed by atoms with van der Waals surface area (Å²) in [6.07, 6.45) is 0. The molecular formula is C14H14N2O2S. The summed E-state index contributed by atoms with van der Waals surface area (Å²) < 4.78 is 7.74. The fraction of sp³-hybridized carbons (Fsp3) is 0.286. The van der Waals surface area contributed by atoms with Gasteiger partial charge in [0.2, 0.25) is 0 Å². The summed E-state index contributed by atoms with van der Waals surface area (Å²) in [4.78, 5) is 17.5. The summed E-state index contributed by atoms with van der Waals surface area (Å²) in [5.74, 6) is 0.797. The van der Waals surface area contributed by atoms with Gasteiger partial charge in [-0.15, -0.1) is 0 Å². The second kappa shape index (κ2) is 4.66. The third-order valence-electron chi connectivity index (χ3n) is 3.28. The highest BCUT2D eigenvalue weighted by Crippen LogP contribution is 2.17. The Hall–Kier alpha value is -1.88. The van der Waals surface area contributed by atoms with Gasteiger partial charge in [0, 0.05) is 6.54 Å². The Bertz CT molecular complexity index is 802. The maximum absolute atomic E-state index is 12.3. The average molecular weight is 274 g/mol. The van der Waals surface area contributed by atoms with Crippen LogP contribution in [-0.4, -0.2) is 18.2 Å². The fourth-order valence-corrected chi connectivity index (χ4v) is 3.28. The van der Waals surface area contributed by atoms with Crippen molar-refractivity contribution < 1.29 is 4.74 Å². The van der Waals surface area contributed by atoms with E-state index in [1.165, 1.54) is 11.3 Å². The van der Waals surface area contributed by atoms with Crippen LogP contribution in [0.1, 0.15) is 12.5 Å². The van der Waals surface area contributed by atoms with E-state index in [4.69, 9.17) is 4.74 Å². The zero-order chi connectivity index (χ0) is 13.4. The standard InChI is InChI=1S/C14H14N2O2S/c1-9(10-4-3-5-11(8-10)18-2)12-13(17)16-7-6-15-14(16)19-12/h3-5,8H,6-7H2,1-2H3/b12-9-. The number of thiazole rings is 1. The lowest BCUT2D eigenvalue weighted by Crippen LogP contribution is -2.30. The van der Waals surface area contributed by atoms with Gasteiger partial charge >= 0.3 is 0 Å². The number of hydrogen-bond donors (Lipinski definition) is 0.